The van der Waals surface area contributed by atoms with Gasteiger partial charge in [-0.25, -0.2) is 14.2 Å². The molecular weight excluding hydrogens is 378 g/mol. The van der Waals surface area contributed by atoms with Crippen molar-refractivity contribution in [2.45, 2.75) is 52.9 Å². The lowest BCUT2D eigenvalue weighted by Gasteiger charge is -2.30. The molecule has 1 aliphatic heterocycles. The fourth-order valence-electron chi connectivity index (χ4n) is 3.54. The number of nitrogens with zero attached hydrogens (tertiary/aromatic N) is 2. The Kier molecular flexibility index (Phi) is 5.69. The van der Waals surface area contributed by atoms with E-state index in [0.29, 0.717) is 28.0 Å². The van der Waals surface area contributed by atoms with Gasteiger partial charge in [-0.05, 0) is 56.6 Å². The molecule has 9 nitrogen and oxygen atoms in total. The number of dihydropyridines is 1. The number of aromatic nitrogens is 2. The zero-order chi connectivity index (χ0) is 21.3. The van der Waals surface area contributed by atoms with Crippen molar-refractivity contribution in [1.82, 2.24) is 15.6 Å². The highest BCUT2D eigenvalue weighted by Gasteiger charge is 2.39. The minimum absolute atomic E-state index is 0.0236. The number of hydrogen-bond donors (Lipinski definition) is 2. The van der Waals surface area contributed by atoms with Crippen molar-refractivity contribution in [2.24, 2.45) is 0 Å². The molecule has 2 heterocycles. The molecule has 0 saturated heterocycles. The predicted octanol–water partition coefficient (Wildman–Crippen LogP) is 2.86. The normalized spacial score (nSPS) is 18.2. The van der Waals surface area contributed by atoms with E-state index in [9.17, 15) is 14.7 Å². The maximum absolute atomic E-state index is 13.1. The molecule has 0 fully saturated rings. The molecule has 0 radical (unpaired) electrons. The van der Waals surface area contributed by atoms with Gasteiger partial charge in [0.05, 0.1) is 23.2 Å². The number of carboxylic acids is 1. The number of fused-ring (bicyclic) bond motifs is 1. The summed E-state index contributed by atoms with van der Waals surface area (Å²) in [6.45, 7) is 8.61. The number of esters is 1. The van der Waals surface area contributed by atoms with Crippen LogP contribution in [0.2, 0.25) is 0 Å². The van der Waals surface area contributed by atoms with Gasteiger partial charge in [-0.1, -0.05) is 12.1 Å². The minimum Gasteiger partial charge on any atom is -0.478 e. The van der Waals surface area contributed by atoms with E-state index in [1.165, 1.54) is 0 Å². The van der Waals surface area contributed by atoms with E-state index in [4.69, 9.17) is 14.1 Å². The number of benzene rings is 1. The molecule has 0 amide bonds. The monoisotopic (exact) mass is 401 g/mol. The van der Waals surface area contributed by atoms with E-state index in [1.54, 1.807) is 39.0 Å². The summed E-state index contributed by atoms with van der Waals surface area (Å²) in [5.41, 5.74) is 2.45. The molecule has 0 bridgehead atoms. The Bertz CT molecular complexity index is 1020. The number of rotatable bonds is 6. The van der Waals surface area contributed by atoms with Crippen LogP contribution in [0.25, 0.3) is 11.0 Å². The van der Waals surface area contributed by atoms with Crippen LogP contribution in [-0.4, -0.2) is 39.8 Å². The highest BCUT2D eigenvalue weighted by molar-refractivity contribution is 6.00. The summed E-state index contributed by atoms with van der Waals surface area (Å²) in [5.74, 6) is -2.74. The lowest BCUT2D eigenvalue weighted by molar-refractivity contribution is -0.177. The second kappa shape index (κ2) is 8.04. The van der Waals surface area contributed by atoms with Crippen molar-refractivity contribution in [3.05, 3.63) is 46.3 Å². The van der Waals surface area contributed by atoms with E-state index in [0.717, 1.165) is 0 Å². The predicted molar refractivity (Wildman–Crippen MR) is 102 cm³/mol. The largest absolute Gasteiger partial charge is 0.478 e. The highest BCUT2D eigenvalue weighted by atomic mass is 16.7. The maximum Gasteiger partial charge on any atom is 0.339 e. The lowest BCUT2D eigenvalue weighted by atomic mass is 9.80. The standard InChI is InChI=1S/C20H23N3O6/c1-9(2)27-12(5)28-20(26)16-11(4)21-10(3)15(19(24)25)17(16)13-7-6-8-14-18(13)23-29-22-14/h6-9,12,17,21H,1-5H3,(H,24,25). The Morgan fingerprint density at radius 1 is 1.14 bits per heavy atom. The van der Waals surface area contributed by atoms with Gasteiger partial charge in [0.25, 0.3) is 0 Å². The van der Waals surface area contributed by atoms with Gasteiger partial charge < -0.3 is 19.9 Å². The molecule has 0 aliphatic carbocycles. The van der Waals surface area contributed by atoms with Crippen molar-refractivity contribution >= 4 is 23.0 Å². The third kappa shape index (κ3) is 4.00. The van der Waals surface area contributed by atoms with Gasteiger partial charge in [0.15, 0.2) is 0 Å². The molecular formula is C20H23N3O6. The summed E-state index contributed by atoms with van der Waals surface area (Å²) in [4.78, 5) is 25.2. The molecule has 0 saturated carbocycles. The van der Waals surface area contributed by atoms with Crippen LogP contribution in [-0.2, 0) is 19.1 Å². The molecule has 154 valence electrons. The number of ether oxygens (including phenoxy) is 2. The Morgan fingerprint density at radius 3 is 2.48 bits per heavy atom. The van der Waals surface area contributed by atoms with Crippen molar-refractivity contribution in [2.75, 3.05) is 0 Å². The number of carbonyl (C=O) groups is 2. The van der Waals surface area contributed by atoms with Gasteiger partial charge in [-0.15, -0.1) is 0 Å². The first-order valence-electron chi connectivity index (χ1n) is 9.20. The van der Waals surface area contributed by atoms with Crippen LogP contribution < -0.4 is 5.32 Å². The Morgan fingerprint density at radius 2 is 1.83 bits per heavy atom. The van der Waals surface area contributed by atoms with Crippen LogP contribution in [0.1, 0.15) is 46.1 Å². The summed E-state index contributed by atoms with van der Waals surface area (Å²) in [6, 6.07) is 5.11. The van der Waals surface area contributed by atoms with Crippen LogP contribution in [0.15, 0.2) is 45.4 Å². The number of carbonyl (C=O) groups excluding carboxylic acids is 1. The zero-order valence-corrected chi connectivity index (χ0v) is 16.8. The number of allylic oxidation sites excluding steroid dienone is 2. The molecule has 0 spiro atoms. The molecule has 29 heavy (non-hydrogen) atoms. The number of carboxylic acid groups (broad SMARTS) is 1. The van der Waals surface area contributed by atoms with E-state index < -0.39 is 24.1 Å². The molecule has 1 aromatic heterocycles. The van der Waals surface area contributed by atoms with Crippen LogP contribution in [0.4, 0.5) is 0 Å². The summed E-state index contributed by atoms with van der Waals surface area (Å²) < 4.78 is 15.8. The molecule has 2 atom stereocenters. The molecule has 2 N–H and O–H groups in total. The summed E-state index contributed by atoms with van der Waals surface area (Å²) >= 11 is 0. The molecule has 3 rings (SSSR count). The van der Waals surface area contributed by atoms with Crippen LogP contribution in [0, 0.1) is 0 Å². The van der Waals surface area contributed by atoms with Crippen molar-refractivity contribution in [3.8, 4) is 0 Å². The Hall–Kier alpha value is -3.20. The summed E-state index contributed by atoms with van der Waals surface area (Å²) in [6.07, 6.45) is -0.937. The highest BCUT2D eigenvalue weighted by Crippen LogP contribution is 2.41. The first kappa shape index (κ1) is 20.5. The van der Waals surface area contributed by atoms with Crippen LogP contribution >= 0.6 is 0 Å². The second-order valence-corrected chi connectivity index (χ2v) is 7.08. The fraction of sp³-hybridized carbons (Fsp3) is 0.400. The molecule has 2 aromatic rings. The van der Waals surface area contributed by atoms with E-state index >= 15 is 0 Å². The van der Waals surface area contributed by atoms with Crippen molar-refractivity contribution < 1.29 is 28.8 Å². The van der Waals surface area contributed by atoms with Crippen molar-refractivity contribution in [1.29, 1.82) is 0 Å². The average molecular weight is 401 g/mol. The van der Waals surface area contributed by atoms with E-state index in [1.807, 2.05) is 13.8 Å². The molecule has 1 aliphatic rings. The topological polar surface area (TPSA) is 124 Å². The summed E-state index contributed by atoms with van der Waals surface area (Å²) in [7, 11) is 0. The third-order valence-electron chi connectivity index (χ3n) is 4.58. The second-order valence-electron chi connectivity index (χ2n) is 7.08. The van der Waals surface area contributed by atoms with Gasteiger partial charge in [-0.3, -0.25) is 0 Å². The maximum atomic E-state index is 13.1. The first-order valence-corrected chi connectivity index (χ1v) is 9.20. The van der Waals surface area contributed by atoms with Gasteiger partial charge in [0, 0.05) is 11.4 Å². The number of aliphatic carboxylic acids is 1. The van der Waals surface area contributed by atoms with Gasteiger partial charge >= 0.3 is 11.9 Å². The van der Waals surface area contributed by atoms with Crippen LogP contribution in [0.3, 0.4) is 0 Å². The van der Waals surface area contributed by atoms with E-state index in [2.05, 4.69) is 15.6 Å². The molecule has 2 unspecified atom stereocenters. The molecule has 9 heteroatoms. The van der Waals surface area contributed by atoms with Crippen molar-refractivity contribution in [3.63, 3.8) is 0 Å². The smallest absolute Gasteiger partial charge is 0.339 e. The van der Waals surface area contributed by atoms with Gasteiger partial charge in [-0.2, -0.15) is 0 Å². The molecule has 1 aromatic carbocycles. The quantitative estimate of drug-likeness (QED) is 0.555. The van der Waals surface area contributed by atoms with Gasteiger partial charge in [0.2, 0.25) is 6.29 Å². The lowest BCUT2D eigenvalue weighted by Crippen LogP contribution is -2.33. The van der Waals surface area contributed by atoms with Gasteiger partial charge in [0.1, 0.15) is 11.0 Å². The summed E-state index contributed by atoms with van der Waals surface area (Å²) in [5, 5.41) is 20.6. The SMILES string of the molecule is CC1=C(C(=O)O)C(c2cccc3nonc23)C(C(=O)OC(C)OC(C)C)=C(C)N1. The third-order valence-corrected chi connectivity index (χ3v) is 4.58. The Balaban J connectivity index is 2.12. The average Bonchev–Trinajstić information content (AvgIpc) is 3.08. The minimum atomic E-state index is -1.15. The Labute approximate surface area is 167 Å². The fourth-order valence-corrected chi connectivity index (χ4v) is 3.54. The number of hydrogen-bond acceptors (Lipinski definition) is 8. The van der Waals surface area contributed by atoms with E-state index in [-0.39, 0.29) is 17.3 Å². The number of nitrogens with one attached hydrogen (secondary N) is 1. The first-order chi connectivity index (χ1) is 13.7. The van der Waals surface area contributed by atoms with Crippen LogP contribution in [0.5, 0.6) is 0 Å². The zero-order valence-electron chi connectivity index (χ0n) is 16.8.